The zero-order chi connectivity index (χ0) is 15.9. The van der Waals surface area contributed by atoms with E-state index in [1.165, 1.54) is 5.56 Å². The van der Waals surface area contributed by atoms with Gasteiger partial charge in [-0.1, -0.05) is 48.0 Å². The second-order valence-corrected chi connectivity index (χ2v) is 5.93. The highest BCUT2D eigenvalue weighted by atomic mass is 79.9. The first-order valence-corrected chi connectivity index (χ1v) is 8.23. The number of benzene rings is 2. The number of anilines is 1. The summed E-state index contributed by atoms with van der Waals surface area (Å²) in [6.45, 7) is 4.04. The molecule has 0 saturated heterocycles. The van der Waals surface area contributed by atoms with Crippen molar-refractivity contribution in [3.05, 3.63) is 58.6 Å². The molecule has 116 valence electrons. The minimum atomic E-state index is -0.508. The van der Waals surface area contributed by atoms with Crippen LogP contribution in [0.1, 0.15) is 25.8 Å². The molecule has 0 saturated carbocycles. The van der Waals surface area contributed by atoms with Crippen LogP contribution in [0.4, 0.5) is 5.69 Å². The second-order valence-electron chi connectivity index (χ2n) is 5.01. The Morgan fingerprint density at radius 1 is 1.18 bits per heavy atom. The Hall–Kier alpha value is -1.81. The number of nitrogens with one attached hydrogen (secondary N) is 1. The highest BCUT2D eigenvalue weighted by Gasteiger charge is 2.18. The number of carbonyl (C=O) groups excluding carboxylic acids is 1. The smallest absolute Gasteiger partial charge is 0.265 e. The molecule has 0 fully saturated rings. The fourth-order valence-electron chi connectivity index (χ4n) is 2.08. The predicted octanol–water partition coefficient (Wildman–Crippen LogP) is 4.81. The van der Waals surface area contributed by atoms with Crippen LogP contribution in [0.5, 0.6) is 5.75 Å². The molecule has 1 atom stereocenters. The number of ether oxygens (including phenoxy) is 1. The summed E-state index contributed by atoms with van der Waals surface area (Å²) in [4.78, 5) is 12.3. The van der Waals surface area contributed by atoms with Gasteiger partial charge in [-0.25, -0.2) is 0 Å². The van der Waals surface area contributed by atoms with Gasteiger partial charge in [-0.15, -0.1) is 0 Å². The van der Waals surface area contributed by atoms with Gasteiger partial charge in [0, 0.05) is 10.2 Å². The molecule has 4 heteroatoms. The van der Waals surface area contributed by atoms with Crippen LogP contribution < -0.4 is 10.1 Å². The van der Waals surface area contributed by atoms with Crippen molar-refractivity contribution in [2.75, 3.05) is 5.32 Å². The van der Waals surface area contributed by atoms with Crippen molar-refractivity contribution in [1.29, 1.82) is 0 Å². The Bertz CT molecular complexity index is 625. The van der Waals surface area contributed by atoms with Crippen LogP contribution in [0.2, 0.25) is 0 Å². The van der Waals surface area contributed by atoms with Crippen molar-refractivity contribution in [1.82, 2.24) is 0 Å². The number of hydrogen-bond donors (Lipinski definition) is 1. The first kappa shape index (κ1) is 16.6. The Morgan fingerprint density at radius 3 is 2.50 bits per heavy atom. The van der Waals surface area contributed by atoms with E-state index >= 15 is 0 Å². The van der Waals surface area contributed by atoms with Gasteiger partial charge in [0.1, 0.15) is 5.75 Å². The third-order valence-corrected chi connectivity index (χ3v) is 3.86. The summed E-state index contributed by atoms with van der Waals surface area (Å²) in [7, 11) is 0. The molecule has 2 rings (SSSR count). The average molecular weight is 362 g/mol. The standard InChI is InChI=1S/C18H20BrNO2/c1-3-13-8-10-16(11-9-13)22-17(4-2)18(21)20-15-7-5-6-14(19)12-15/h5-12,17H,3-4H2,1-2H3,(H,20,21)/t17-/m1/s1. The van der Waals surface area contributed by atoms with Crippen LogP contribution >= 0.6 is 15.9 Å². The number of carbonyl (C=O) groups is 1. The van der Waals surface area contributed by atoms with Crippen molar-refractivity contribution in [3.63, 3.8) is 0 Å². The number of rotatable bonds is 6. The first-order valence-electron chi connectivity index (χ1n) is 7.44. The average Bonchev–Trinajstić information content (AvgIpc) is 2.53. The first-order chi connectivity index (χ1) is 10.6. The SMILES string of the molecule is CCc1ccc(O[C@H](CC)C(=O)Nc2cccc(Br)c2)cc1. The molecular weight excluding hydrogens is 342 g/mol. The molecule has 0 aliphatic carbocycles. The zero-order valence-corrected chi connectivity index (χ0v) is 14.4. The molecule has 2 aromatic carbocycles. The molecule has 22 heavy (non-hydrogen) atoms. The molecule has 0 aliphatic rings. The molecule has 0 bridgehead atoms. The fraction of sp³-hybridized carbons (Fsp3) is 0.278. The fourth-order valence-corrected chi connectivity index (χ4v) is 2.48. The maximum Gasteiger partial charge on any atom is 0.265 e. The van der Waals surface area contributed by atoms with E-state index < -0.39 is 6.10 Å². The lowest BCUT2D eigenvalue weighted by atomic mass is 10.1. The van der Waals surface area contributed by atoms with E-state index in [-0.39, 0.29) is 5.91 Å². The minimum Gasteiger partial charge on any atom is -0.481 e. The number of halogens is 1. The zero-order valence-electron chi connectivity index (χ0n) is 12.8. The van der Waals surface area contributed by atoms with E-state index in [1.807, 2.05) is 55.5 Å². The Morgan fingerprint density at radius 2 is 1.91 bits per heavy atom. The minimum absolute atomic E-state index is 0.139. The quantitative estimate of drug-likeness (QED) is 0.801. The topological polar surface area (TPSA) is 38.3 Å². The largest absolute Gasteiger partial charge is 0.481 e. The van der Waals surface area contributed by atoms with E-state index in [0.717, 1.165) is 16.6 Å². The number of amides is 1. The molecule has 0 unspecified atom stereocenters. The van der Waals surface area contributed by atoms with Gasteiger partial charge in [-0.3, -0.25) is 4.79 Å². The molecule has 0 aromatic heterocycles. The van der Waals surface area contributed by atoms with Gasteiger partial charge in [0.2, 0.25) is 0 Å². The molecule has 0 heterocycles. The number of aryl methyl sites for hydroxylation is 1. The van der Waals surface area contributed by atoms with Gasteiger partial charge in [0.15, 0.2) is 6.10 Å². The van der Waals surface area contributed by atoms with Crippen molar-refractivity contribution in [3.8, 4) is 5.75 Å². The summed E-state index contributed by atoms with van der Waals surface area (Å²) in [6, 6.07) is 15.4. The Balaban J connectivity index is 2.02. The summed E-state index contributed by atoms with van der Waals surface area (Å²) in [5, 5.41) is 2.88. The summed E-state index contributed by atoms with van der Waals surface area (Å²) in [5.74, 6) is 0.577. The van der Waals surface area contributed by atoms with Crippen LogP contribution in [-0.2, 0) is 11.2 Å². The molecule has 1 amide bonds. The van der Waals surface area contributed by atoms with E-state index in [1.54, 1.807) is 0 Å². The van der Waals surface area contributed by atoms with Crippen LogP contribution in [0, 0.1) is 0 Å². The maximum atomic E-state index is 12.3. The molecule has 0 spiro atoms. The van der Waals surface area contributed by atoms with Gasteiger partial charge < -0.3 is 10.1 Å². The van der Waals surface area contributed by atoms with Gasteiger partial charge in [-0.05, 0) is 48.7 Å². The molecule has 0 radical (unpaired) electrons. The van der Waals surface area contributed by atoms with Crippen molar-refractivity contribution >= 4 is 27.5 Å². The lowest BCUT2D eigenvalue weighted by Crippen LogP contribution is -2.32. The lowest BCUT2D eigenvalue weighted by molar-refractivity contribution is -0.122. The highest BCUT2D eigenvalue weighted by Crippen LogP contribution is 2.18. The van der Waals surface area contributed by atoms with Crippen molar-refractivity contribution in [2.45, 2.75) is 32.8 Å². The number of hydrogen-bond acceptors (Lipinski definition) is 2. The molecular formula is C18H20BrNO2. The summed E-state index contributed by atoms with van der Waals surface area (Å²) in [5.41, 5.74) is 2.00. The van der Waals surface area contributed by atoms with Crippen molar-refractivity contribution in [2.24, 2.45) is 0 Å². The van der Waals surface area contributed by atoms with Gasteiger partial charge in [0.25, 0.3) is 5.91 Å². The van der Waals surface area contributed by atoms with E-state index in [4.69, 9.17) is 4.74 Å². The van der Waals surface area contributed by atoms with Gasteiger partial charge in [-0.2, -0.15) is 0 Å². The van der Waals surface area contributed by atoms with Gasteiger partial charge >= 0.3 is 0 Å². The Labute approximate surface area is 139 Å². The Kier molecular flexibility index (Phi) is 6.01. The summed E-state index contributed by atoms with van der Waals surface area (Å²) >= 11 is 3.39. The molecule has 2 aromatic rings. The third-order valence-electron chi connectivity index (χ3n) is 3.37. The highest BCUT2D eigenvalue weighted by molar-refractivity contribution is 9.10. The monoisotopic (exact) mass is 361 g/mol. The predicted molar refractivity (Wildman–Crippen MR) is 93.3 cm³/mol. The molecule has 1 N–H and O–H groups in total. The molecule has 3 nitrogen and oxygen atoms in total. The molecule has 0 aliphatic heterocycles. The van der Waals surface area contributed by atoms with Crippen LogP contribution in [0.15, 0.2) is 53.0 Å². The second kappa shape index (κ2) is 7.99. The van der Waals surface area contributed by atoms with Gasteiger partial charge in [0.05, 0.1) is 0 Å². The lowest BCUT2D eigenvalue weighted by Gasteiger charge is -2.17. The van der Waals surface area contributed by atoms with Crippen LogP contribution in [-0.4, -0.2) is 12.0 Å². The normalized spacial score (nSPS) is 11.8. The van der Waals surface area contributed by atoms with E-state index in [0.29, 0.717) is 12.2 Å². The summed E-state index contributed by atoms with van der Waals surface area (Å²) < 4.78 is 6.73. The van der Waals surface area contributed by atoms with Crippen LogP contribution in [0.3, 0.4) is 0 Å². The summed E-state index contributed by atoms with van der Waals surface area (Å²) in [6.07, 6.45) is 1.09. The van der Waals surface area contributed by atoms with E-state index in [9.17, 15) is 4.79 Å². The van der Waals surface area contributed by atoms with Crippen LogP contribution in [0.25, 0.3) is 0 Å². The maximum absolute atomic E-state index is 12.3. The van der Waals surface area contributed by atoms with E-state index in [2.05, 4.69) is 28.2 Å². The third kappa shape index (κ3) is 4.60. The van der Waals surface area contributed by atoms with Crippen molar-refractivity contribution < 1.29 is 9.53 Å².